The third-order valence-electron chi connectivity index (χ3n) is 7.10. The lowest BCUT2D eigenvalue weighted by Gasteiger charge is -2.27. The van der Waals surface area contributed by atoms with Crippen molar-refractivity contribution in [3.63, 3.8) is 0 Å². The molecule has 2 unspecified atom stereocenters. The van der Waals surface area contributed by atoms with Crippen LogP contribution < -0.4 is 0 Å². The summed E-state index contributed by atoms with van der Waals surface area (Å²) in [4.78, 5) is 0. The molecule has 0 heterocycles. The quantitative estimate of drug-likeness (QED) is 0.0539. The van der Waals surface area contributed by atoms with E-state index in [4.69, 9.17) is 33.2 Å². The van der Waals surface area contributed by atoms with Crippen LogP contribution in [0.3, 0.4) is 0 Å². The summed E-state index contributed by atoms with van der Waals surface area (Å²) in [5.74, 6) is 2.45. The van der Waals surface area contributed by atoms with Crippen LogP contribution in [0.4, 0.5) is 0 Å². The summed E-state index contributed by atoms with van der Waals surface area (Å²) >= 11 is 0. The molecule has 0 radical (unpaired) electrons. The molecule has 0 rings (SSSR count). The Morgan fingerprint density at radius 2 is 0.718 bits per heavy atom. The lowest BCUT2D eigenvalue weighted by Crippen LogP contribution is -2.31. The molecule has 0 amide bonds. The van der Waals surface area contributed by atoms with Gasteiger partial charge in [0, 0.05) is 27.1 Å². The summed E-state index contributed by atoms with van der Waals surface area (Å²) in [7, 11) is 9.69. The van der Waals surface area contributed by atoms with Crippen molar-refractivity contribution >= 4 is 0 Å². The van der Waals surface area contributed by atoms with Gasteiger partial charge in [-0.3, -0.25) is 0 Å². The fourth-order valence-corrected chi connectivity index (χ4v) is 4.73. The summed E-state index contributed by atoms with van der Waals surface area (Å²) < 4.78 is 40.4. The van der Waals surface area contributed by atoms with Gasteiger partial charge in [0.2, 0.25) is 12.6 Å². The van der Waals surface area contributed by atoms with Crippen LogP contribution >= 0.6 is 0 Å². The van der Waals surface area contributed by atoms with E-state index in [0.717, 1.165) is 50.0 Å². The Morgan fingerprint density at radius 3 is 0.974 bits per heavy atom. The Labute approximate surface area is 240 Å². The molecule has 0 aliphatic carbocycles. The van der Waals surface area contributed by atoms with E-state index < -0.39 is 12.6 Å². The second-order valence-electron chi connectivity index (χ2n) is 10.1. The molecule has 0 bridgehead atoms. The van der Waals surface area contributed by atoms with Crippen molar-refractivity contribution in [3.8, 4) is 0 Å². The Morgan fingerprint density at radius 1 is 0.410 bits per heavy atom. The van der Waals surface area contributed by atoms with E-state index >= 15 is 0 Å². The zero-order valence-corrected chi connectivity index (χ0v) is 26.7. The zero-order chi connectivity index (χ0) is 29.1. The normalized spacial score (nSPS) is 14.4. The average molecular weight is 559 g/mol. The summed E-state index contributed by atoms with van der Waals surface area (Å²) in [6.45, 7) is 4.50. The molecular formula is C32H62O7. The number of hydrogen-bond acceptors (Lipinski definition) is 7. The van der Waals surface area contributed by atoms with Crippen molar-refractivity contribution in [1.82, 2.24) is 0 Å². The van der Waals surface area contributed by atoms with E-state index in [1.54, 1.807) is 42.7 Å². The van der Waals surface area contributed by atoms with Crippen molar-refractivity contribution in [2.24, 2.45) is 0 Å². The van der Waals surface area contributed by atoms with E-state index in [1.807, 2.05) is 0 Å². The average Bonchev–Trinajstić information content (AvgIpc) is 2.96. The molecule has 232 valence electrons. The molecule has 7 nitrogen and oxygen atoms in total. The molecule has 0 aromatic carbocycles. The van der Waals surface area contributed by atoms with Crippen LogP contribution in [-0.4, -0.2) is 55.2 Å². The molecule has 0 fully saturated rings. The number of methoxy groups -OCH3 is 6. The van der Waals surface area contributed by atoms with Crippen LogP contribution in [0.1, 0.15) is 129 Å². The fourth-order valence-electron chi connectivity index (χ4n) is 4.73. The van der Waals surface area contributed by atoms with Gasteiger partial charge in [-0.25, -0.2) is 0 Å². The molecular weight excluding hydrogens is 496 g/mol. The second-order valence-corrected chi connectivity index (χ2v) is 10.1. The summed E-state index contributed by atoms with van der Waals surface area (Å²) in [6, 6.07) is 0. The third-order valence-corrected chi connectivity index (χ3v) is 7.10. The maximum atomic E-state index is 6.22. The fraction of sp³-hybridized carbons (Fsp3) is 0.875. The molecule has 2 atom stereocenters. The smallest absolute Gasteiger partial charge is 0.222 e. The van der Waals surface area contributed by atoms with Gasteiger partial charge < -0.3 is 33.2 Å². The van der Waals surface area contributed by atoms with Crippen molar-refractivity contribution in [2.45, 2.75) is 142 Å². The maximum Gasteiger partial charge on any atom is 0.222 e. The molecule has 0 aliphatic rings. The van der Waals surface area contributed by atoms with Crippen LogP contribution in [0, 0.1) is 0 Å². The zero-order valence-electron chi connectivity index (χ0n) is 26.7. The molecule has 0 saturated carbocycles. The highest BCUT2D eigenvalue weighted by Gasteiger charge is 2.29. The minimum Gasteiger partial charge on any atom is -0.497 e. The highest BCUT2D eigenvalue weighted by atomic mass is 16.8. The molecule has 7 heteroatoms. The SMILES string of the molecule is CCCCCCCCCCC(OC)=C(OC)C(OC)OC(OC)C(OC)=C(CCCCCCCCCC)OC. The Bertz CT molecular complexity index is 566. The molecule has 0 spiro atoms. The lowest BCUT2D eigenvalue weighted by molar-refractivity contribution is -0.223. The molecule has 0 aromatic rings. The first-order valence-electron chi connectivity index (χ1n) is 15.4. The Hall–Kier alpha value is -1.44. The highest BCUT2D eigenvalue weighted by molar-refractivity contribution is 5.08. The van der Waals surface area contributed by atoms with Gasteiger partial charge in [0.15, 0.2) is 11.5 Å². The first-order valence-corrected chi connectivity index (χ1v) is 15.4. The number of allylic oxidation sites excluding steroid dienone is 2. The van der Waals surface area contributed by atoms with E-state index in [1.165, 1.54) is 77.0 Å². The highest BCUT2D eigenvalue weighted by Crippen LogP contribution is 2.26. The number of rotatable bonds is 28. The summed E-state index contributed by atoms with van der Waals surface area (Å²) in [5, 5.41) is 0. The first kappa shape index (κ1) is 37.6. The van der Waals surface area contributed by atoms with Crippen LogP contribution in [0.5, 0.6) is 0 Å². The Balaban J connectivity index is 5.16. The van der Waals surface area contributed by atoms with Crippen LogP contribution in [0.25, 0.3) is 0 Å². The third kappa shape index (κ3) is 17.1. The minimum atomic E-state index is -0.824. The molecule has 0 aromatic heterocycles. The minimum absolute atomic E-state index is 0.502. The second kappa shape index (κ2) is 26.8. The monoisotopic (exact) mass is 558 g/mol. The maximum absolute atomic E-state index is 6.22. The van der Waals surface area contributed by atoms with Gasteiger partial charge in [0.05, 0.1) is 28.4 Å². The van der Waals surface area contributed by atoms with Gasteiger partial charge >= 0.3 is 0 Å². The van der Waals surface area contributed by atoms with Gasteiger partial charge in [-0.05, 0) is 12.8 Å². The number of ether oxygens (including phenoxy) is 7. The van der Waals surface area contributed by atoms with Gasteiger partial charge in [0.25, 0.3) is 0 Å². The van der Waals surface area contributed by atoms with Crippen LogP contribution in [0.2, 0.25) is 0 Å². The number of hydrogen-bond donors (Lipinski definition) is 0. The van der Waals surface area contributed by atoms with Gasteiger partial charge in [-0.15, -0.1) is 0 Å². The molecule has 0 aliphatic heterocycles. The summed E-state index contributed by atoms with van der Waals surface area (Å²) in [6.07, 6.45) is 19.8. The predicted octanol–water partition coefficient (Wildman–Crippen LogP) is 9.02. The largest absolute Gasteiger partial charge is 0.497 e. The van der Waals surface area contributed by atoms with Gasteiger partial charge in [-0.1, -0.05) is 104 Å². The Kier molecular flexibility index (Phi) is 25.8. The number of unbranched alkanes of at least 4 members (excludes halogenated alkanes) is 14. The predicted molar refractivity (Wildman–Crippen MR) is 159 cm³/mol. The van der Waals surface area contributed by atoms with E-state index in [9.17, 15) is 0 Å². The molecule has 39 heavy (non-hydrogen) atoms. The van der Waals surface area contributed by atoms with Crippen molar-refractivity contribution < 1.29 is 33.2 Å². The van der Waals surface area contributed by atoms with E-state index in [0.29, 0.717) is 11.5 Å². The summed E-state index contributed by atoms with van der Waals surface area (Å²) in [5.41, 5.74) is 0. The standard InChI is InChI=1S/C32H62O7/c1-9-11-13-15-17-19-21-23-25-27(33-3)29(35-5)31(37-7)39-32(38-8)30(36-6)28(34-4)26-24-22-20-18-16-14-12-10-2/h31-32H,9-26H2,1-8H3. The van der Waals surface area contributed by atoms with Crippen molar-refractivity contribution in [2.75, 3.05) is 42.7 Å². The van der Waals surface area contributed by atoms with Crippen LogP contribution in [0.15, 0.2) is 23.0 Å². The molecule has 0 N–H and O–H groups in total. The lowest BCUT2D eigenvalue weighted by atomic mass is 10.1. The molecule has 0 saturated heterocycles. The van der Waals surface area contributed by atoms with Gasteiger partial charge in [-0.2, -0.15) is 0 Å². The van der Waals surface area contributed by atoms with Crippen molar-refractivity contribution in [1.29, 1.82) is 0 Å². The first-order chi connectivity index (χ1) is 19.1. The van der Waals surface area contributed by atoms with E-state index in [2.05, 4.69) is 13.8 Å². The topological polar surface area (TPSA) is 64.6 Å². The van der Waals surface area contributed by atoms with Crippen LogP contribution in [-0.2, 0) is 33.2 Å². The van der Waals surface area contributed by atoms with Gasteiger partial charge in [0.1, 0.15) is 11.5 Å². The van der Waals surface area contributed by atoms with E-state index in [-0.39, 0.29) is 0 Å². The van der Waals surface area contributed by atoms with Crippen molar-refractivity contribution in [3.05, 3.63) is 23.0 Å².